The molecule has 0 aliphatic heterocycles. The van der Waals surface area contributed by atoms with Crippen molar-refractivity contribution in [1.29, 1.82) is 21.3 Å². The first-order valence-corrected chi connectivity index (χ1v) is 11.3. The average Bonchev–Trinajstić information content (AvgIpc) is 3.06. The quantitative estimate of drug-likeness (QED) is 0.0462. The zero-order valence-electron chi connectivity index (χ0n) is 26.6. The SMILES string of the molecule is COC(=N)C(N=NO[O-])(N=NO[O-])c1ccc(C(N=NO[O-])(N=NO[O-])C(=N)OC)cc1.N#CCc1ccc(CC#N)cc1.[Na+].[Na+].[Na+].[Na+]. The predicted octanol–water partition coefficient (Wildman–Crippen LogP) is -12.3. The van der Waals surface area contributed by atoms with Crippen LogP contribution in [0.25, 0.3) is 0 Å². The van der Waals surface area contributed by atoms with Crippen LogP contribution in [0.4, 0.5) is 0 Å². The van der Waals surface area contributed by atoms with E-state index in [0.29, 0.717) is 12.8 Å². The second-order valence-corrected chi connectivity index (χ2v) is 7.50. The molecule has 0 atom stereocenters. The summed E-state index contributed by atoms with van der Waals surface area (Å²) in [6.45, 7) is 0. The van der Waals surface area contributed by atoms with Crippen molar-refractivity contribution in [2.45, 2.75) is 24.2 Å². The standard InChI is InChI=1S/C12H16N10O10.C10H8N2.4Na/c1-27-9(13)11(15-19-29-23,16-20-30-24)7-3-5-8(6-4-7)12(10(14)28-2,17-21-31-25)18-22-32-26;11-7-5-9-1-2-10(4-3-9)6-8-12;;;;/h3-6,13-14,23-26H,1-2H3;1-4H,5-6H2;;;;/q;;4*+1/p-4. The maximum Gasteiger partial charge on any atom is 1.00 e. The molecule has 0 saturated heterocycles. The van der Waals surface area contributed by atoms with Crippen LogP contribution in [-0.4, -0.2) is 26.0 Å². The van der Waals surface area contributed by atoms with Crippen LogP contribution in [0.3, 0.4) is 0 Å². The number of nitrogens with one attached hydrogen (secondary N) is 2. The number of methoxy groups -OCH3 is 2. The van der Waals surface area contributed by atoms with E-state index >= 15 is 0 Å². The van der Waals surface area contributed by atoms with Crippen LogP contribution < -0.4 is 139 Å². The van der Waals surface area contributed by atoms with Gasteiger partial charge in [-0.1, -0.05) is 48.5 Å². The summed E-state index contributed by atoms with van der Waals surface area (Å²) in [5.74, 6) is -1.58. The number of benzene rings is 2. The van der Waals surface area contributed by atoms with Crippen LogP contribution in [0.5, 0.6) is 0 Å². The molecule has 48 heavy (non-hydrogen) atoms. The van der Waals surface area contributed by atoms with Crippen molar-refractivity contribution in [2.75, 3.05) is 14.2 Å². The second kappa shape index (κ2) is 29.7. The van der Waals surface area contributed by atoms with Gasteiger partial charge in [0, 0.05) is 32.2 Å². The Morgan fingerprint density at radius 3 is 1.02 bits per heavy atom. The topological polar surface area (TPSA) is 342 Å². The average molecular weight is 704 g/mol. The molecule has 0 aromatic heterocycles. The maximum absolute atomic E-state index is 10.3. The monoisotopic (exact) mass is 704 g/mol. The zero-order chi connectivity index (χ0) is 32.8. The van der Waals surface area contributed by atoms with Gasteiger partial charge in [0.05, 0.1) is 39.2 Å². The van der Waals surface area contributed by atoms with Gasteiger partial charge in [-0.3, -0.25) is 10.8 Å². The largest absolute Gasteiger partial charge is 1.00 e. The van der Waals surface area contributed by atoms with E-state index in [1.54, 1.807) is 0 Å². The summed E-state index contributed by atoms with van der Waals surface area (Å²) >= 11 is 0. The van der Waals surface area contributed by atoms with Gasteiger partial charge < -0.3 is 50.5 Å². The van der Waals surface area contributed by atoms with Gasteiger partial charge in [-0.2, -0.15) is 10.5 Å². The second-order valence-electron chi connectivity index (χ2n) is 7.50. The number of ether oxygens (including phenoxy) is 2. The van der Waals surface area contributed by atoms with Gasteiger partial charge in [0.2, 0.25) is 11.8 Å². The van der Waals surface area contributed by atoms with E-state index in [-0.39, 0.29) is 129 Å². The van der Waals surface area contributed by atoms with Crippen LogP contribution >= 0.6 is 0 Å². The normalized spacial score (nSPS) is 12.4. The molecule has 0 saturated carbocycles. The Labute approximate surface area is 360 Å². The molecule has 0 aliphatic rings. The third-order valence-electron chi connectivity index (χ3n) is 5.20. The first-order valence-electron chi connectivity index (χ1n) is 11.3. The van der Waals surface area contributed by atoms with Crippen LogP contribution in [0.1, 0.15) is 22.3 Å². The zero-order valence-corrected chi connectivity index (χ0v) is 34.6. The van der Waals surface area contributed by atoms with E-state index in [1.807, 2.05) is 24.3 Å². The Kier molecular flexibility index (Phi) is 32.5. The molecule has 26 heteroatoms. The summed E-state index contributed by atoms with van der Waals surface area (Å²) in [7, 11) is 2.09. The molecule has 0 heterocycles. The van der Waals surface area contributed by atoms with E-state index in [2.05, 4.69) is 73.7 Å². The molecule has 0 radical (unpaired) electrons. The van der Waals surface area contributed by atoms with E-state index < -0.39 is 23.1 Å². The summed E-state index contributed by atoms with van der Waals surface area (Å²) in [5, 5.41) is 98.3. The summed E-state index contributed by atoms with van der Waals surface area (Å²) in [6.07, 6.45) is 0.875. The summed E-state index contributed by atoms with van der Waals surface area (Å²) < 4.78 is 9.52. The van der Waals surface area contributed by atoms with Gasteiger partial charge in [-0.25, -0.2) is 0 Å². The van der Waals surface area contributed by atoms with Crippen LogP contribution in [0, 0.1) is 33.5 Å². The minimum atomic E-state index is -2.36. The molecule has 0 aliphatic carbocycles. The molecule has 232 valence electrons. The third-order valence-corrected chi connectivity index (χ3v) is 5.20. The van der Waals surface area contributed by atoms with Crippen molar-refractivity contribution in [1.82, 2.24) is 0 Å². The molecular formula is C22H20N12Na4O10. The molecule has 22 nitrogen and oxygen atoms in total. The maximum atomic E-state index is 10.3. The van der Waals surface area contributed by atoms with Crippen LogP contribution in [0.2, 0.25) is 0 Å². The number of nitriles is 2. The molecule has 0 fully saturated rings. The van der Waals surface area contributed by atoms with Crippen LogP contribution in [-0.2, 0) is 53.6 Å². The number of rotatable bonds is 14. The minimum Gasteiger partial charge on any atom is -0.636 e. The van der Waals surface area contributed by atoms with Gasteiger partial charge in [0.1, 0.15) is 0 Å². The fourth-order valence-corrected chi connectivity index (χ4v) is 3.19. The molecule has 0 amide bonds. The Bertz CT molecular complexity index is 1290. The number of hydrogen-bond donors (Lipinski definition) is 2. The Balaban J connectivity index is -0.000000513. The van der Waals surface area contributed by atoms with Crippen molar-refractivity contribution >= 4 is 11.8 Å². The molecule has 0 spiro atoms. The van der Waals surface area contributed by atoms with Gasteiger partial charge in [0.25, 0.3) is 11.3 Å². The van der Waals surface area contributed by atoms with Crippen molar-refractivity contribution < 1.29 is 169 Å². The van der Waals surface area contributed by atoms with E-state index in [9.17, 15) is 21.0 Å². The number of hydrogen-bond acceptors (Lipinski definition) is 22. The van der Waals surface area contributed by atoms with Crippen molar-refractivity contribution in [3.8, 4) is 12.1 Å². The van der Waals surface area contributed by atoms with E-state index in [0.717, 1.165) is 49.6 Å². The van der Waals surface area contributed by atoms with Crippen LogP contribution in [0.15, 0.2) is 90.1 Å². The smallest absolute Gasteiger partial charge is 0.636 e. The molecule has 2 aromatic rings. The third kappa shape index (κ3) is 15.6. The molecule has 2 rings (SSSR count). The first kappa shape index (κ1) is 52.6. The van der Waals surface area contributed by atoms with Crippen molar-refractivity contribution in [3.05, 3.63) is 70.8 Å². The number of nitrogens with zero attached hydrogens (tertiary/aromatic N) is 10. The van der Waals surface area contributed by atoms with E-state index in [4.69, 9.17) is 30.8 Å². The molecule has 0 bridgehead atoms. The predicted molar refractivity (Wildman–Crippen MR) is 128 cm³/mol. The summed E-state index contributed by atoms with van der Waals surface area (Å²) in [6, 6.07) is 16.2. The van der Waals surface area contributed by atoms with Crippen molar-refractivity contribution in [2.24, 2.45) is 41.6 Å². The summed E-state index contributed by atoms with van der Waals surface area (Å²) in [4.78, 5) is 13.0. The van der Waals surface area contributed by atoms with Crippen molar-refractivity contribution in [3.63, 3.8) is 0 Å². The van der Waals surface area contributed by atoms with Gasteiger partial charge in [0.15, 0.2) is 0 Å². The molecular weight excluding hydrogens is 684 g/mol. The first-order chi connectivity index (χ1) is 21.3. The molecule has 0 unspecified atom stereocenters. The van der Waals surface area contributed by atoms with Gasteiger partial charge >= 0.3 is 118 Å². The fraction of sp³-hybridized carbons (Fsp3) is 0.273. The Hall–Kier alpha value is -2.20. The van der Waals surface area contributed by atoms with Gasteiger partial charge in [-0.15, -0.1) is 20.5 Å². The fourth-order valence-electron chi connectivity index (χ4n) is 3.19. The molecule has 2 aromatic carbocycles. The van der Waals surface area contributed by atoms with E-state index in [1.165, 1.54) is 0 Å². The minimum absolute atomic E-state index is 0. The summed E-state index contributed by atoms with van der Waals surface area (Å²) in [5.41, 5.74) is -2.97. The molecule has 2 N–H and O–H groups in total. The Morgan fingerprint density at radius 2 is 0.833 bits per heavy atom. The Morgan fingerprint density at radius 1 is 0.583 bits per heavy atom. The van der Waals surface area contributed by atoms with Gasteiger partial charge in [-0.05, 0) is 11.1 Å².